The standard InChI is InChI=1S/C11H16O3/c1-6(2)7-4-3-5-8-9(7)11(13)14-10(8)12/h6-9H,3-5H2,1-2H3. The lowest BCUT2D eigenvalue weighted by Crippen LogP contribution is -2.33. The molecule has 0 N–H and O–H groups in total. The van der Waals surface area contributed by atoms with Crippen LogP contribution in [0.2, 0.25) is 0 Å². The van der Waals surface area contributed by atoms with Crippen LogP contribution in [-0.4, -0.2) is 11.9 Å². The van der Waals surface area contributed by atoms with Crippen LogP contribution in [0.4, 0.5) is 0 Å². The van der Waals surface area contributed by atoms with Crippen molar-refractivity contribution in [1.82, 2.24) is 0 Å². The van der Waals surface area contributed by atoms with Crippen LogP contribution < -0.4 is 0 Å². The molecule has 3 unspecified atom stereocenters. The molecular weight excluding hydrogens is 180 g/mol. The molecule has 3 heteroatoms. The SMILES string of the molecule is CC(C)C1CCCC2C(=O)OC(=O)C21. The van der Waals surface area contributed by atoms with Gasteiger partial charge in [0, 0.05) is 0 Å². The quantitative estimate of drug-likeness (QED) is 0.474. The van der Waals surface area contributed by atoms with Gasteiger partial charge in [-0.2, -0.15) is 0 Å². The molecule has 0 spiro atoms. The van der Waals surface area contributed by atoms with Gasteiger partial charge < -0.3 is 4.74 Å². The summed E-state index contributed by atoms with van der Waals surface area (Å²) in [6.45, 7) is 4.23. The molecular formula is C11H16O3. The summed E-state index contributed by atoms with van der Waals surface area (Å²) in [7, 11) is 0. The number of cyclic esters (lactones) is 2. The second-order valence-corrected chi connectivity index (χ2v) is 4.71. The Morgan fingerprint density at radius 1 is 1.21 bits per heavy atom. The van der Waals surface area contributed by atoms with Crippen LogP contribution in [0, 0.1) is 23.7 Å². The third kappa shape index (κ3) is 1.35. The number of carbonyl (C=O) groups is 2. The maximum atomic E-state index is 11.5. The van der Waals surface area contributed by atoms with Gasteiger partial charge in [0.05, 0.1) is 11.8 Å². The number of ether oxygens (including phenoxy) is 1. The van der Waals surface area contributed by atoms with Gasteiger partial charge in [0.25, 0.3) is 0 Å². The highest BCUT2D eigenvalue weighted by atomic mass is 16.6. The zero-order chi connectivity index (χ0) is 10.3. The van der Waals surface area contributed by atoms with E-state index in [2.05, 4.69) is 13.8 Å². The second kappa shape index (κ2) is 3.37. The minimum Gasteiger partial charge on any atom is -0.393 e. The number of rotatable bonds is 1. The molecule has 0 radical (unpaired) electrons. The monoisotopic (exact) mass is 196 g/mol. The molecule has 0 amide bonds. The first-order valence-corrected chi connectivity index (χ1v) is 5.37. The van der Waals surface area contributed by atoms with E-state index in [1.165, 1.54) is 0 Å². The molecule has 78 valence electrons. The summed E-state index contributed by atoms with van der Waals surface area (Å²) in [6, 6.07) is 0. The lowest BCUT2D eigenvalue weighted by Gasteiger charge is -2.31. The van der Waals surface area contributed by atoms with Gasteiger partial charge in [0.15, 0.2) is 0 Å². The summed E-state index contributed by atoms with van der Waals surface area (Å²) in [5.74, 6) is -0.0439. The molecule has 1 saturated carbocycles. The van der Waals surface area contributed by atoms with Crippen LogP contribution in [0.1, 0.15) is 33.1 Å². The molecule has 0 aromatic rings. The van der Waals surface area contributed by atoms with E-state index in [0.29, 0.717) is 11.8 Å². The number of esters is 2. The number of hydrogen-bond acceptors (Lipinski definition) is 3. The molecule has 1 saturated heterocycles. The van der Waals surface area contributed by atoms with Crippen molar-refractivity contribution in [3.63, 3.8) is 0 Å². The van der Waals surface area contributed by atoms with Crippen molar-refractivity contribution in [2.75, 3.05) is 0 Å². The van der Waals surface area contributed by atoms with E-state index >= 15 is 0 Å². The van der Waals surface area contributed by atoms with Crippen LogP contribution in [0.15, 0.2) is 0 Å². The first kappa shape index (κ1) is 9.69. The average Bonchev–Trinajstić information content (AvgIpc) is 2.43. The fraction of sp³-hybridized carbons (Fsp3) is 0.818. The normalized spacial score (nSPS) is 37.2. The van der Waals surface area contributed by atoms with Gasteiger partial charge in [-0.1, -0.05) is 20.3 Å². The maximum absolute atomic E-state index is 11.5. The van der Waals surface area contributed by atoms with Crippen LogP contribution in [-0.2, 0) is 14.3 Å². The molecule has 0 aromatic heterocycles. The van der Waals surface area contributed by atoms with Gasteiger partial charge in [-0.3, -0.25) is 9.59 Å². The molecule has 14 heavy (non-hydrogen) atoms. The Hall–Kier alpha value is -0.860. The molecule has 2 rings (SSSR count). The average molecular weight is 196 g/mol. The van der Waals surface area contributed by atoms with Crippen LogP contribution >= 0.6 is 0 Å². The van der Waals surface area contributed by atoms with E-state index in [9.17, 15) is 9.59 Å². The molecule has 2 fully saturated rings. The summed E-state index contributed by atoms with van der Waals surface area (Å²) in [6.07, 6.45) is 2.94. The summed E-state index contributed by atoms with van der Waals surface area (Å²) in [5, 5.41) is 0. The molecule has 2 aliphatic rings. The van der Waals surface area contributed by atoms with E-state index in [0.717, 1.165) is 19.3 Å². The Balaban J connectivity index is 2.23. The van der Waals surface area contributed by atoms with E-state index in [4.69, 9.17) is 4.74 Å². The highest BCUT2D eigenvalue weighted by Gasteiger charge is 2.50. The first-order chi connectivity index (χ1) is 6.61. The van der Waals surface area contributed by atoms with Crippen LogP contribution in [0.5, 0.6) is 0 Å². The van der Waals surface area contributed by atoms with Gasteiger partial charge in [-0.15, -0.1) is 0 Å². The van der Waals surface area contributed by atoms with Crippen molar-refractivity contribution in [2.24, 2.45) is 23.7 Å². The first-order valence-electron chi connectivity index (χ1n) is 5.37. The Morgan fingerprint density at radius 2 is 1.93 bits per heavy atom. The smallest absolute Gasteiger partial charge is 0.317 e. The van der Waals surface area contributed by atoms with E-state index in [1.54, 1.807) is 0 Å². The lowest BCUT2D eigenvalue weighted by molar-refractivity contribution is -0.154. The highest BCUT2D eigenvalue weighted by Crippen LogP contribution is 2.43. The summed E-state index contributed by atoms with van der Waals surface area (Å²) in [5.41, 5.74) is 0. The fourth-order valence-corrected chi connectivity index (χ4v) is 2.83. The van der Waals surface area contributed by atoms with Crippen molar-refractivity contribution in [3.8, 4) is 0 Å². The summed E-state index contributed by atoms with van der Waals surface area (Å²) < 4.78 is 4.71. The zero-order valence-electron chi connectivity index (χ0n) is 8.66. The van der Waals surface area contributed by atoms with Gasteiger partial charge in [-0.25, -0.2) is 0 Å². The molecule has 0 bridgehead atoms. The van der Waals surface area contributed by atoms with Crippen LogP contribution in [0.25, 0.3) is 0 Å². The Kier molecular flexibility index (Phi) is 2.33. The number of hydrogen-bond donors (Lipinski definition) is 0. The third-order valence-corrected chi connectivity index (χ3v) is 3.58. The molecule has 1 heterocycles. The topological polar surface area (TPSA) is 43.4 Å². The van der Waals surface area contributed by atoms with Crippen molar-refractivity contribution in [1.29, 1.82) is 0 Å². The van der Waals surface area contributed by atoms with E-state index in [-0.39, 0.29) is 23.8 Å². The Morgan fingerprint density at radius 3 is 2.57 bits per heavy atom. The highest BCUT2D eigenvalue weighted by molar-refractivity contribution is 5.96. The van der Waals surface area contributed by atoms with Crippen molar-refractivity contribution < 1.29 is 14.3 Å². The third-order valence-electron chi connectivity index (χ3n) is 3.58. The molecule has 3 atom stereocenters. The van der Waals surface area contributed by atoms with Crippen molar-refractivity contribution in [2.45, 2.75) is 33.1 Å². The predicted octanol–water partition coefficient (Wildman–Crippen LogP) is 1.76. The lowest BCUT2D eigenvalue weighted by atomic mass is 9.69. The number of fused-ring (bicyclic) bond motifs is 1. The Bertz CT molecular complexity index is 270. The molecule has 0 aromatic carbocycles. The molecule has 3 nitrogen and oxygen atoms in total. The van der Waals surface area contributed by atoms with E-state index in [1.807, 2.05) is 0 Å². The van der Waals surface area contributed by atoms with Crippen molar-refractivity contribution >= 4 is 11.9 Å². The minimum atomic E-state index is -0.287. The fourth-order valence-electron chi connectivity index (χ4n) is 2.83. The van der Waals surface area contributed by atoms with Crippen molar-refractivity contribution in [3.05, 3.63) is 0 Å². The second-order valence-electron chi connectivity index (χ2n) is 4.71. The summed E-state index contributed by atoms with van der Waals surface area (Å²) in [4.78, 5) is 22.8. The van der Waals surface area contributed by atoms with E-state index < -0.39 is 0 Å². The Labute approximate surface area is 83.8 Å². The van der Waals surface area contributed by atoms with Crippen LogP contribution in [0.3, 0.4) is 0 Å². The molecule has 1 aliphatic carbocycles. The number of carbonyl (C=O) groups excluding carboxylic acids is 2. The maximum Gasteiger partial charge on any atom is 0.317 e. The minimum absolute atomic E-state index is 0.136. The summed E-state index contributed by atoms with van der Waals surface area (Å²) >= 11 is 0. The van der Waals surface area contributed by atoms with Gasteiger partial charge in [-0.05, 0) is 24.7 Å². The van der Waals surface area contributed by atoms with Gasteiger partial charge >= 0.3 is 11.9 Å². The zero-order valence-corrected chi connectivity index (χ0v) is 8.66. The van der Waals surface area contributed by atoms with Gasteiger partial charge in [0.1, 0.15) is 0 Å². The predicted molar refractivity (Wildman–Crippen MR) is 50.3 cm³/mol. The molecule has 1 aliphatic heterocycles. The van der Waals surface area contributed by atoms with Gasteiger partial charge in [0.2, 0.25) is 0 Å². The largest absolute Gasteiger partial charge is 0.393 e.